The van der Waals surface area contributed by atoms with Gasteiger partial charge in [-0.2, -0.15) is 0 Å². The third-order valence-corrected chi connectivity index (χ3v) is 5.90. The molecule has 0 spiro atoms. The molecule has 0 unspecified atom stereocenters. The average Bonchev–Trinajstić information content (AvgIpc) is 3.25. The molecule has 25 heavy (non-hydrogen) atoms. The zero-order chi connectivity index (χ0) is 17.4. The Morgan fingerprint density at radius 3 is 2.80 bits per heavy atom. The maximum Gasteiger partial charge on any atom is 0.219 e. The summed E-state index contributed by atoms with van der Waals surface area (Å²) >= 11 is 3.07. The standard InChI is InChI=1S/C19H13FN2OS2/c1-12-8-18-15(21-10-24-18)9-13(12)17-6-7-19(25-17)22(11-23)16-5-3-2-4-14(16)20/h2-11H,1H3. The molecular weight excluding hydrogens is 355 g/mol. The van der Waals surface area contributed by atoms with Gasteiger partial charge >= 0.3 is 0 Å². The summed E-state index contributed by atoms with van der Waals surface area (Å²) in [6.45, 7) is 2.06. The molecule has 3 nitrogen and oxygen atoms in total. The van der Waals surface area contributed by atoms with Crippen molar-refractivity contribution < 1.29 is 9.18 Å². The van der Waals surface area contributed by atoms with Crippen molar-refractivity contribution in [3.8, 4) is 10.4 Å². The molecular formula is C19H13FN2OS2. The molecule has 0 bridgehead atoms. The Hall–Kier alpha value is -2.57. The molecule has 0 radical (unpaired) electrons. The van der Waals surface area contributed by atoms with Gasteiger partial charge in [-0.05, 0) is 54.4 Å². The molecule has 0 N–H and O–H groups in total. The zero-order valence-corrected chi connectivity index (χ0v) is 14.9. The number of rotatable bonds is 4. The SMILES string of the molecule is Cc1cc2scnc2cc1-c1ccc(N(C=O)c2ccccc2F)s1. The van der Waals surface area contributed by atoms with Crippen molar-refractivity contribution in [2.75, 3.05) is 4.90 Å². The zero-order valence-electron chi connectivity index (χ0n) is 13.3. The molecule has 6 heteroatoms. The maximum absolute atomic E-state index is 14.0. The van der Waals surface area contributed by atoms with E-state index in [4.69, 9.17) is 0 Å². The Morgan fingerprint density at radius 2 is 2.00 bits per heavy atom. The fourth-order valence-electron chi connectivity index (χ4n) is 2.75. The van der Waals surface area contributed by atoms with E-state index in [-0.39, 0.29) is 5.69 Å². The summed E-state index contributed by atoms with van der Waals surface area (Å²) in [5.41, 5.74) is 5.27. The van der Waals surface area contributed by atoms with Crippen LogP contribution in [-0.4, -0.2) is 11.4 Å². The number of halogens is 1. The van der Waals surface area contributed by atoms with Gasteiger partial charge < -0.3 is 0 Å². The highest BCUT2D eigenvalue weighted by atomic mass is 32.1. The van der Waals surface area contributed by atoms with Gasteiger partial charge in [0.25, 0.3) is 0 Å². The number of para-hydroxylation sites is 1. The van der Waals surface area contributed by atoms with Gasteiger partial charge in [-0.15, -0.1) is 22.7 Å². The van der Waals surface area contributed by atoms with E-state index in [1.165, 1.54) is 22.3 Å². The fourth-order valence-corrected chi connectivity index (χ4v) is 4.57. The molecule has 2 heterocycles. The maximum atomic E-state index is 14.0. The highest BCUT2D eigenvalue weighted by molar-refractivity contribution is 7.19. The van der Waals surface area contributed by atoms with Gasteiger partial charge in [-0.3, -0.25) is 9.69 Å². The van der Waals surface area contributed by atoms with Crippen molar-refractivity contribution in [2.24, 2.45) is 0 Å². The average molecular weight is 368 g/mol. The van der Waals surface area contributed by atoms with Crippen LogP contribution in [0.1, 0.15) is 5.56 Å². The Balaban J connectivity index is 1.77. The Labute approximate surface area is 152 Å². The minimum atomic E-state index is -0.426. The van der Waals surface area contributed by atoms with Gasteiger partial charge in [0.1, 0.15) is 10.8 Å². The topological polar surface area (TPSA) is 33.2 Å². The summed E-state index contributed by atoms with van der Waals surface area (Å²) in [6, 6.07) is 14.2. The summed E-state index contributed by atoms with van der Waals surface area (Å²) in [7, 11) is 0. The first-order valence-electron chi connectivity index (χ1n) is 7.60. The Kier molecular flexibility index (Phi) is 4.07. The molecule has 2 aromatic heterocycles. The molecule has 0 aliphatic rings. The number of fused-ring (bicyclic) bond motifs is 1. The van der Waals surface area contributed by atoms with Crippen LogP contribution in [-0.2, 0) is 4.79 Å². The molecule has 0 aliphatic heterocycles. The van der Waals surface area contributed by atoms with Crippen LogP contribution in [0.4, 0.5) is 15.1 Å². The van der Waals surface area contributed by atoms with Crippen LogP contribution in [0.5, 0.6) is 0 Å². The number of hydrogen-bond acceptors (Lipinski definition) is 4. The number of aromatic nitrogens is 1. The van der Waals surface area contributed by atoms with Crippen LogP contribution in [0.2, 0.25) is 0 Å². The molecule has 0 saturated carbocycles. The number of hydrogen-bond donors (Lipinski definition) is 0. The quantitative estimate of drug-likeness (QED) is 0.429. The van der Waals surface area contributed by atoms with Crippen molar-refractivity contribution in [1.29, 1.82) is 0 Å². The van der Waals surface area contributed by atoms with Crippen LogP contribution in [0.15, 0.2) is 54.0 Å². The molecule has 0 fully saturated rings. The summed E-state index contributed by atoms with van der Waals surface area (Å²) in [5.74, 6) is -0.426. The number of anilines is 2. The Bertz CT molecular complexity index is 1070. The molecule has 0 saturated heterocycles. The predicted molar refractivity (Wildman–Crippen MR) is 102 cm³/mol. The number of aryl methyl sites for hydroxylation is 1. The summed E-state index contributed by atoms with van der Waals surface area (Å²) in [5, 5.41) is 0.674. The van der Waals surface area contributed by atoms with E-state index in [2.05, 4.69) is 24.0 Å². The van der Waals surface area contributed by atoms with E-state index in [1.54, 1.807) is 29.5 Å². The Morgan fingerprint density at radius 1 is 1.16 bits per heavy atom. The number of carbonyl (C=O) groups is 1. The van der Waals surface area contributed by atoms with E-state index >= 15 is 0 Å². The lowest BCUT2D eigenvalue weighted by molar-refractivity contribution is -0.106. The minimum absolute atomic E-state index is 0.248. The lowest BCUT2D eigenvalue weighted by atomic mass is 10.1. The fraction of sp³-hybridized carbons (Fsp3) is 0.0526. The van der Waals surface area contributed by atoms with Crippen LogP contribution in [0, 0.1) is 12.7 Å². The molecule has 2 aromatic carbocycles. The third-order valence-electron chi connectivity index (χ3n) is 3.99. The van der Waals surface area contributed by atoms with Crippen LogP contribution >= 0.6 is 22.7 Å². The second-order valence-electron chi connectivity index (χ2n) is 5.55. The van der Waals surface area contributed by atoms with E-state index in [0.29, 0.717) is 11.4 Å². The van der Waals surface area contributed by atoms with E-state index in [0.717, 1.165) is 26.2 Å². The first-order valence-corrected chi connectivity index (χ1v) is 9.30. The number of amides is 1. The van der Waals surface area contributed by atoms with Crippen molar-refractivity contribution in [3.63, 3.8) is 0 Å². The molecule has 4 aromatic rings. The molecule has 0 atom stereocenters. The van der Waals surface area contributed by atoms with E-state index in [9.17, 15) is 9.18 Å². The second-order valence-corrected chi connectivity index (χ2v) is 7.50. The monoisotopic (exact) mass is 368 g/mol. The van der Waals surface area contributed by atoms with E-state index in [1.807, 2.05) is 17.6 Å². The number of thiophene rings is 1. The van der Waals surface area contributed by atoms with Crippen molar-refractivity contribution in [2.45, 2.75) is 6.92 Å². The van der Waals surface area contributed by atoms with Gasteiger partial charge in [0.05, 0.1) is 21.4 Å². The van der Waals surface area contributed by atoms with Crippen molar-refractivity contribution in [3.05, 3.63) is 65.4 Å². The number of carbonyl (C=O) groups excluding carboxylic acids is 1. The molecule has 1 amide bonds. The van der Waals surface area contributed by atoms with Crippen LogP contribution in [0.3, 0.4) is 0 Å². The van der Waals surface area contributed by atoms with Gasteiger partial charge in [0.15, 0.2) is 0 Å². The highest BCUT2D eigenvalue weighted by Crippen LogP contribution is 2.39. The predicted octanol–water partition coefficient (Wildman–Crippen LogP) is 5.77. The smallest absolute Gasteiger partial charge is 0.219 e. The summed E-state index contributed by atoms with van der Waals surface area (Å²) in [6.07, 6.45) is 0.643. The van der Waals surface area contributed by atoms with Gasteiger partial charge in [0.2, 0.25) is 6.41 Å². The largest absolute Gasteiger partial charge is 0.278 e. The molecule has 4 rings (SSSR count). The molecule has 0 aliphatic carbocycles. The lowest BCUT2D eigenvalue weighted by Gasteiger charge is -2.15. The van der Waals surface area contributed by atoms with Gasteiger partial charge in [0, 0.05) is 4.88 Å². The van der Waals surface area contributed by atoms with Gasteiger partial charge in [-0.25, -0.2) is 9.37 Å². The number of benzene rings is 2. The summed E-state index contributed by atoms with van der Waals surface area (Å²) in [4.78, 5) is 18.3. The van der Waals surface area contributed by atoms with Crippen molar-refractivity contribution >= 4 is 50.0 Å². The van der Waals surface area contributed by atoms with E-state index < -0.39 is 5.82 Å². The minimum Gasteiger partial charge on any atom is -0.278 e. The van der Waals surface area contributed by atoms with Crippen molar-refractivity contribution in [1.82, 2.24) is 4.98 Å². The number of thiazole rings is 1. The van der Waals surface area contributed by atoms with Crippen LogP contribution in [0.25, 0.3) is 20.7 Å². The first-order chi connectivity index (χ1) is 12.2. The second kappa shape index (κ2) is 6.38. The lowest BCUT2D eigenvalue weighted by Crippen LogP contribution is -2.13. The highest BCUT2D eigenvalue weighted by Gasteiger charge is 2.16. The number of nitrogens with zero attached hydrogens (tertiary/aromatic N) is 2. The first kappa shape index (κ1) is 15.9. The molecule has 124 valence electrons. The normalized spacial score (nSPS) is 11.0. The van der Waals surface area contributed by atoms with Crippen LogP contribution < -0.4 is 4.90 Å². The third kappa shape index (κ3) is 2.83. The summed E-state index contributed by atoms with van der Waals surface area (Å²) < 4.78 is 15.2. The van der Waals surface area contributed by atoms with Gasteiger partial charge in [-0.1, -0.05) is 12.1 Å².